The average molecular weight is 373 g/mol. The quantitative estimate of drug-likeness (QED) is 0.675. The standard InChI is InChI=1S/C14H20F5N3O3/c1-6(2)9(10(23)13(15,16)14(17,18)19)21-11(24)7(3)22-5-4-8(20)12(22)25/h6-9H,4-5,20H2,1-3H3,(H,21,24)/t7-,8+,9?/m0/s1. The molecule has 1 rings (SSSR count). The third kappa shape index (κ3) is 4.25. The first-order valence-electron chi connectivity index (χ1n) is 7.57. The molecule has 144 valence electrons. The second-order valence-electron chi connectivity index (χ2n) is 6.27. The zero-order chi connectivity index (χ0) is 19.7. The molecule has 0 aromatic rings. The predicted molar refractivity (Wildman–Crippen MR) is 76.5 cm³/mol. The van der Waals surface area contributed by atoms with Crippen LogP contribution in [-0.2, 0) is 14.4 Å². The van der Waals surface area contributed by atoms with E-state index in [9.17, 15) is 36.3 Å². The normalized spacial score (nSPS) is 21.4. The van der Waals surface area contributed by atoms with E-state index >= 15 is 0 Å². The monoisotopic (exact) mass is 373 g/mol. The van der Waals surface area contributed by atoms with Crippen molar-refractivity contribution < 1.29 is 36.3 Å². The highest BCUT2D eigenvalue weighted by Gasteiger charge is 2.64. The minimum atomic E-state index is -6.06. The summed E-state index contributed by atoms with van der Waals surface area (Å²) in [6.07, 6.45) is -5.78. The number of halogens is 5. The van der Waals surface area contributed by atoms with Gasteiger partial charge in [0.15, 0.2) is 0 Å². The van der Waals surface area contributed by atoms with Gasteiger partial charge in [-0.25, -0.2) is 0 Å². The number of nitrogens with zero attached hydrogens (tertiary/aromatic N) is 1. The minimum absolute atomic E-state index is 0.146. The largest absolute Gasteiger partial charge is 0.461 e. The average Bonchev–Trinajstić information content (AvgIpc) is 2.81. The highest BCUT2D eigenvalue weighted by atomic mass is 19.4. The lowest BCUT2D eigenvalue weighted by molar-refractivity contribution is -0.270. The Morgan fingerprint density at radius 1 is 1.20 bits per heavy atom. The lowest BCUT2D eigenvalue weighted by Gasteiger charge is -2.30. The van der Waals surface area contributed by atoms with Crippen molar-refractivity contribution in [2.24, 2.45) is 11.7 Å². The van der Waals surface area contributed by atoms with E-state index in [0.717, 1.165) is 4.90 Å². The summed E-state index contributed by atoms with van der Waals surface area (Å²) in [4.78, 5) is 36.7. The molecule has 0 spiro atoms. The fraction of sp³-hybridized carbons (Fsp3) is 0.786. The van der Waals surface area contributed by atoms with Crippen LogP contribution in [0.1, 0.15) is 27.2 Å². The van der Waals surface area contributed by atoms with E-state index in [-0.39, 0.29) is 13.0 Å². The van der Waals surface area contributed by atoms with Crippen LogP contribution in [0.25, 0.3) is 0 Å². The molecule has 0 saturated carbocycles. The van der Waals surface area contributed by atoms with E-state index < -0.39 is 53.7 Å². The Hall–Kier alpha value is -1.78. The van der Waals surface area contributed by atoms with Crippen LogP contribution in [0, 0.1) is 5.92 Å². The van der Waals surface area contributed by atoms with Gasteiger partial charge in [-0.05, 0) is 19.3 Å². The topological polar surface area (TPSA) is 92.5 Å². The number of amides is 2. The zero-order valence-electron chi connectivity index (χ0n) is 13.9. The second kappa shape index (κ2) is 7.22. The number of ketones is 1. The summed E-state index contributed by atoms with van der Waals surface area (Å²) in [5.41, 5.74) is 5.51. The van der Waals surface area contributed by atoms with E-state index in [0.29, 0.717) is 0 Å². The molecule has 0 aromatic heterocycles. The summed E-state index contributed by atoms with van der Waals surface area (Å²) in [5.74, 6) is -10.6. The van der Waals surface area contributed by atoms with Crippen LogP contribution in [-0.4, -0.2) is 59.3 Å². The van der Waals surface area contributed by atoms with Crippen LogP contribution < -0.4 is 11.1 Å². The highest BCUT2D eigenvalue weighted by molar-refractivity contribution is 5.97. The van der Waals surface area contributed by atoms with Gasteiger partial charge in [-0.1, -0.05) is 13.8 Å². The maximum Gasteiger partial charge on any atom is 0.461 e. The number of likely N-dealkylation sites (tertiary alicyclic amines) is 1. The SMILES string of the molecule is CC(C)C(NC(=O)[C@H](C)N1CC[C@@H](N)C1=O)C(=O)C(F)(F)C(F)(F)F. The highest BCUT2D eigenvalue weighted by Crippen LogP contribution is 2.37. The maximum atomic E-state index is 13.3. The summed E-state index contributed by atoms with van der Waals surface area (Å²) < 4.78 is 63.8. The number of Topliss-reactive ketones (excluding diaryl/α,β-unsaturated/α-hetero) is 1. The van der Waals surface area contributed by atoms with Crippen LogP contribution in [0.2, 0.25) is 0 Å². The van der Waals surface area contributed by atoms with Crippen LogP contribution in [0.4, 0.5) is 22.0 Å². The molecule has 1 unspecified atom stereocenters. The van der Waals surface area contributed by atoms with Crippen molar-refractivity contribution in [3.8, 4) is 0 Å². The van der Waals surface area contributed by atoms with E-state index in [1.54, 1.807) is 0 Å². The van der Waals surface area contributed by atoms with Crippen molar-refractivity contribution in [3.05, 3.63) is 0 Å². The van der Waals surface area contributed by atoms with Crippen molar-refractivity contribution in [2.45, 2.75) is 57.4 Å². The van der Waals surface area contributed by atoms with Gasteiger partial charge in [0.05, 0.1) is 12.1 Å². The molecule has 3 N–H and O–H groups in total. The van der Waals surface area contributed by atoms with Crippen LogP contribution in [0.3, 0.4) is 0 Å². The fourth-order valence-corrected chi connectivity index (χ4v) is 2.39. The number of nitrogens with two attached hydrogens (primary N) is 1. The molecule has 0 radical (unpaired) electrons. The fourth-order valence-electron chi connectivity index (χ4n) is 2.39. The molecule has 6 nitrogen and oxygen atoms in total. The van der Waals surface area contributed by atoms with Gasteiger partial charge in [-0.2, -0.15) is 22.0 Å². The maximum absolute atomic E-state index is 13.3. The first kappa shape index (κ1) is 21.3. The number of rotatable bonds is 6. The van der Waals surface area contributed by atoms with E-state index in [1.807, 2.05) is 5.32 Å². The van der Waals surface area contributed by atoms with Gasteiger partial charge in [0, 0.05) is 6.54 Å². The Labute approximate surface area is 140 Å². The predicted octanol–water partition coefficient (Wildman–Crippen LogP) is 0.842. The molecule has 1 fully saturated rings. The van der Waals surface area contributed by atoms with Gasteiger partial charge in [0.1, 0.15) is 6.04 Å². The third-order valence-corrected chi connectivity index (χ3v) is 4.04. The lowest BCUT2D eigenvalue weighted by Crippen LogP contribution is -2.58. The summed E-state index contributed by atoms with van der Waals surface area (Å²) in [6.45, 7) is 3.86. The smallest absolute Gasteiger partial charge is 0.344 e. The van der Waals surface area contributed by atoms with Gasteiger partial charge in [-0.3, -0.25) is 14.4 Å². The van der Waals surface area contributed by atoms with E-state index in [2.05, 4.69) is 0 Å². The first-order chi connectivity index (χ1) is 11.2. The Morgan fingerprint density at radius 3 is 2.08 bits per heavy atom. The number of nitrogens with one attached hydrogen (secondary N) is 1. The van der Waals surface area contributed by atoms with Gasteiger partial charge >= 0.3 is 12.1 Å². The van der Waals surface area contributed by atoms with E-state index in [1.165, 1.54) is 20.8 Å². The number of hydrogen-bond donors (Lipinski definition) is 2. The molecule has 0 aliphatic carbocycles. The molecule has 25 heavy (non-hydrogen) atoms. The first-order valence-corrected chi connectivity index (χ1v) is 7.57. The van der Waals surface area contributed by atoms with Gasteiger partial charge in [-0.15, -0.1) is 0 Å². The molecule has 3 atom stereocenters. The zero-order valence-corrected chi connectivity index (χ0v) is 13.9. The summed E-state index contributed by atoms with van der Waals surface area (Å²) in [5, 5.41) is 1.90. The Bertz CT molecular complexity index is 550. The summed E-state index contributed by atoms with van der Waals surface area (Å²) in [6, 6.07) is -4.01. The number of hydrogen-bond acceptors (Lipinski definition) is 4. The Balaban J connectivity index is 2.93. The molecular formula is C14H20F5N3O3. The third-order valence-electron chi connectivity index (χ3n) is 4.04. The number of carbonyl (C=O) groups excluding carboxylic acids is 3. The van der Waals surface area contributed by atoms with Gasteiger partial charge in [0.2, 0.25) is 17.6 Å². The molecule has 0 aromatic carbocycles. The van der Waals surface area contributed by atoms with Crippen molar-refractivity contribution in [1.82, 2.24) is 10.2 Å². The molecule has 1 aliphatic heterocycles. The van der Waals surface area contributed by atoms with Crippen molar-refractivity contribution in [2.75, 3.05) is 6.54 Å². The molecule has 11 heteroatoms. The van der Waals surface area contributed by atoms with Crippen LogP contribution >= 0.6 is 0 Å². The lowest BCUT2D eigenvalue weighted by atomic mass is 9.95. The van der Waals surface area contributed by atoms with Crippen molar-refractivity contribution in [3.63, 3.8) is 0 Å². The molecule has 1 heterocycles. The van der Waals surface area contributed by atoms with Crippen LogP contribution in [0.5, 0.6) is 0 Å². The molecule has 1 saturated heterocycles. The van der Waals surface area contributed by atoms with Gasteiger partial charge in [0.25, 0.3) is 0 Å². The Kier molecular flexibility index (Phi) is 6.14. The van der Waals surface area contributed by atoms with Gasteiger partial charge < -0.3 is 16.0 Å². The van der Waals surface area contributed by atoms with Crippen LogP contribution in [0.15, 0.2) is 0 Å². The second-order valence-corrected chi connectivity index (χ2v) is 6.27. The molecule has 2 amide bonds. The number of alkyl halides is 5. The number of carbonyl (C=O) groups is 3. The molecular weight excluding hydrogens is 353 g/mol. The molecule has 0 bridgehead atoms. The molecule has 1 aliphatic rings. The Morgan fingerprint density at radius 2 is 1.72 bits per heavy atom. The van der Waals surface area contributed by atoms with E-state index in [4.69, 9.17) is 5.73 Å². The van der Waals surface area contributed by atoms with Crippen molar-refractivity contribution >= 4 is 17.6 Å². The summed E-state index contributed by atoms with van der Waals surface area (Å²) in [7, 11) is 0. The van der Waals surface area contributed by atoms with Crippen molar-refractivity contribution in [1.29, 1.82) is 0 Å². The minimum Gasteiger partial charge on any atom is -0.344 e. The summed E-state index contributed by atoms with van der Waals surface area (Å²) >= 11 is 0.